The average molecular weight is 274 g/mol. The van der Waals surface area contributed by atoms with Gasteiger partial charge in [-0.2, -0.15) is 5.10 Å². The highest BCUT2D eigenvalue weighted by molar-refractivity contribution is 6.01. The van der Waals surface area contributed by atoms with E-state index in [0.29, 0.717) is 12.5 Å². The van der Waals surface area contributed by atoms with Crippen LogP contribution in [0, 0.1) is 5.92 Å². The molecular formula is C15H22N4O. The zero-order valence-electron chi connectivity index (χ0n) is 12.5. The largest absolute Gasteiger partial charge is 0.497 e. The van der Waals surface area contributed by atoms with Crippen molar-refractivity contribution in [2.45, 2.75) is 20.8 Å². The third-order valence-corrected chi connectivity index (χ3v) is 3.61. The fourth-order valence-corrected chi connectivity index (χ4v) is 2.65. The van der Waals surface area contributed by atoms with Gasteiger partial charge in [0.25, 0.3) is 0 Å². The number of methoxy groups -OCH3 is 1. The lowest BCUT2D eigenvalue weighted by Crippen LogP contribution is -2.37. The van der Waals surface area contributed by atoms with E-state index in [1.807, 2.05) is 30.0 Å². The van der Waals surface area contributed by atoms with E-state index in [4.69, 9.17) is 16.3 Å². The molecule has 0 bridgehead atoms. The highest BCUT2D eigenvalue weighted by atomic mass is 16.5. The van der Waals surface area contributed by atoms with Gasteiger partial charge >= 0.3 is 0 Å². The first-order valence-electron chi connectivity index (χ1n) is 6.68. The molecule has 2 rings (SSSR count). The number of benzene rings is 1. The lowest BCUT2D eigenvalue weighted by molar-refractivity contribution is 0.414. The second-order valence-electron chi connectivity index (χ2n) is 5.24. The van der Waals surface area contributed by atoms with Gasteiger partial charge in [-0.1, -0.05) is 13.8 Å². The van der Waals surface area contributed by atoms with Gasteiger partial charge in [0.05, 0.1) is 19.3 Å². The first-order valence-corrected chi connectivity index (χ1v) is 6.68. The van der Waals surface area contributed by atoms with Gasteiger partial charge < -0.3 is 21.2 Å². The number of nitrogens with two attached hydrogens (primary N) is 2. The van der Waals surface area contributed by atoms with E-state index < -0.39 is 0 Å². The maximum atomic E-state index is 6.27. The molecule has 0 spiro atoms. The summed E-state index contributed by atoms with van der Waals surface area (Å²) in [5.41, 5.74) is 10.4. The normalized spacial score (nSPS) is 15.7. The Kier molecular flexibility index (Phi) is 3.88. The molecule has 1 aromatic carbocycles. The molecule has 20 heavy (non-hydrogen) atoms. The van der Waals surface area contributed by atoms with Crippen LogP contribution < -0.4 is 21.2 Å². The predicted octanol–water partition coefficient (Wildman–Crippen LogP) is 2.13. The highest BCUT2D eigenvalue weighted by Crippen LogP contribution is 2.39. The zero-order valence-corrected chi connectivity index (χ0v) is 12.5. The topological polar surface area (TPSA) is 76.9 Å². The Morgan fingerprint density at radius 1 is 1.40 bits per heavy atom. The molecule has 0 fully saturated rings. The zero-order chi connectivity index (χ0) is 14.9. The number of hydrazone groups is 1. The van der Waals surface area contributed by atoms with E-state index in [9.17, 15) is 0 Å². The summed E-state index contributed by atoms with van der Waals surface area (Å²) >= 11 is 0. The number of allylic oxidation sites excluding steroid dienone is 1. The van der Waals surface area contributed by atoms with Crippen LogP contribution in [0.25, 0.3) is 5.57 Å². The number of hydrogen-bond donors (Lipinski definition) is 2. The van der Waals surface area contributed by atoms with Gasteiger partial charge in [0, 0.05) is 11.3 Å². The lowest BCUT2D eigenvalue weighted by atomic mass is 9.89. The number of nitrogens with zero attached hydrogens (tertiary/aromatic N) is 2. The summed E-state index contributed by atoms with van der Waals surface area (Å²) < 4.78 is 5.33. The van der Waals surface area contributed by atoms with Crippen molar-refractivity contribution in [1.82, 2.24) is 0 Å². The van der Waals surface area contributed by atoms with Crippen molar-refractivity contribution in [1.29, 1.82) is 0 Å². The van der Waals surface area contributed by atoms with Crippen LogP contribution in [0.5, 0.6) is 5.75 Å². The second kappa shape index (κ2) is 5.45. The molecule has 0 amide bonds. The Morgan fingerprint density at radius 3 is 2.65 bits per heavy atom. The number of fused-ring (bicyclic) bond motifs is 1. The monoisotopic (exact) mass is 274 g/mol. The molecule has 1 heterocycles. The molecule has 0 radical (unpaired) electrons. The van der Waals surface area contributed by atoms with Crippen LogP contribution in [-0.4, -0.2) is 19.5 Å². The Labute approximate surface area is 119 Å². The molecule has 1 aliphatic rings. The van der Waals surface area contributed by atoms with Gasteiger partial charge in [-0.25, -0.2) is 0 Å². The van der Waals surface area contributed by atoms with Gasteiger partial charge in [0.15, 0.2) is 0 Å². The number of rotatable bonds is 2. The van der Waals surface area contributed by atoms with Crippen molar-refractivity contribution >= 4 is 17.1 Å². The molecule has 0 unspecified atom stereocenters. The van der Waals surface area contributed by atoms with E-state index in [1.54, 1.807) is 7.11 Å². The summed E-state index contributed by atoms with van der Waals surface area (Å²) in [5, 5.41) is 3.79. The van der Waals surface area contributed by atoms with Crippen LogP contribution in [0.4, 0.5) is 5.69 Å². The van der Waals surface area contributed by atoms with E-state index >= 15 is 0 Å². The second-order valence-corrected chi connectivity index (χ2v) is 5.24. The van der Waals surface area contributed by atoms with Gasteiger partial charge in [-0.15, -0.1) is 0 Å². The van der Waals surface area contributed by atoms with Crippen molar-refractivity contribution < 1.29 is 4.74 Å². The summed E-state index contributed by atoms with van der Waals surface area (Å²) in [6, 6.07) is 5.99. The first kappa shape index (κ1) is 14.2. The van der Waals surface area contributed by atoms with Crippen LogP contribution in [0.15, 0.2) is 29.0 Å². The molecule has 108 valence electrons. The van der Waals surface area contributed by atoms with E-state index in [-0.39, 0.29) is 0 Å². The minimum Gasteiger partial charge on any atom is -0.497 e. The standard InChI is InChI=1S/C15H22N4O/c1-9(2)15-12-7-11(20-4)5-6-14(12)19(8-13(15)16)10(3)18-17/h5-7,9H,8,16-17H2,1-4H3/b18-10-. The molecule has 1 aliphatic heterocycles. The Morgan fingerprint density at radius 2 is 2.10 bits per heavy atom. The maximum absolute atomic E-state index is 6.27. The smallest absolute Gasteiger partial charge is 0.126 e. The van der Waals surface area contributed by atoms with Crippen LogP contribution >= 0.6 is 0 Å². The van der Waals surface area contributed by atoms with Crippen molar-refractivity contribution in [2.75, 3.05) is 18.6 Å². The predicted molar refractivity (Wildman–Crippen MR) is 83.6 cm³/mol. The molecular weight excluding hydrogens is 252 g/mol. The molecule has 1 aromatic rings. The highest BCUT2D eigenvalue weighted by Gasteiger charge is 2.26. The fraction of sp³-hybridized carbons (Fsp3) is 0.400. The van der Waals surface area contributed by atoms with Gasteiger partial charge in [0.2, 0.25) is 0 Å². The van der Waals surface area contributed by atoms with Crippen LogP contribution in [0.1, 0.15) is 26.3 Å². The maximum Gasteiger partial charge on any atom is 0.126 e. The quantitative estimate of drug-likeness (QED) is 0.375. The van der Waals surface area contributed by atoms with Gasteiger partial charge in [0.1, 0.15) is 11.6 Å². The number of anilines is 1. The number of amidine groups is 1. The van der Waals surface area contributed by atoms with E-state index in [1.165, 1.54) is 5.57 Å². The summed E-state index contributed by atoms with van der Waals surface area (Å²) in [6.45, 7) is 6.77. The van der Waals surface area contributed by atoms with Crippen molar-refractivity contribution in [2.24, 2.45) is 22.6 Å². The first-order chi connectivity index (χ1) is 9.49. The summed E-state index contributed by atoms with van der Waals surface area (Å²) in [4.78, 5) is 2.02. The van der Waals surface area contributed by atoms with Crippen molar-refractivity contribution in [3.63, 3.8) is 0 Å². The number of hydrogen-bond acceptors (Lipinski definition) is 4. The summed E-state index contributed by atoms with van der Waals surface area (Å²) in [5.74, 6) is 7.32. The van der Waals surface area contributed by atoms with Gasteiger partial charge in [-0.05, 0) is 36.6 Å². The average Bonchev–Trinajstić information content (AvgIpc) is 2.44. The number of ether oxygens (including phenoxy) is 1. The Hall–Kier alpha value is -2.17. The molecule has 4 N–H and O–H groups in total. The molecule has 5 heteroatoms. The van der Waals surface area contributed by atoms with Crippen LogP contribution in [-0.2, 0) is 0 Å². The third-order valence-electron chi connectivity index (χ3n) is 3.61. The van der Waals surface area contributed by atoms with Crippen molar-refractivity contribution in [3.8, 4) is 5.75 Å². The van der Waals surface area contributed by atoms with Crippen LogP contribution in [0.3, 0.4) is 0 Å². The molecule has 0 saturated carbocycles. The minimum atomic E-state index is 0.345. The van der Waals surface area contributed by atoms with E-state index in [2.05, 4.69) is 18.9 Å². The molecule has 5 nitrogen and oxygen atoms in total. The van der Waals surface area contributed by atoms with Crippen molar-refractivity contribution in [3.05, 3.63) is 29.5 Å². The molecule has 0 aromatic heterocycles. The summed E-state index contributed by atoms with van der Waals surface area (Å²) in [7, 11) is 1.66. The SMILES string of the molecule is COc1ccc2c(c1)C(C(C)C)=C(N)CN2/C(C)=N\N. The summed E-state index contributed by atoms with van der Waals surface area (Å²) in [6.07, 6.45) is 0. The fourth-order valence-electron chi connectivity index (χ4n) is 2.65. The lowest BCUT2D eigenvalue weighted by Gasteiger charge is -2.34. The molecule has 0 saturated heterocycles. The molecule has 0 atom stereocenters. The minimum absolute atomic E-state index is 0.345. The van der Waals surface area contributed by atoms with E-state index in [0.717, 1.165) is 28.5 Å². The Balaban J connectivity index is 2.65. The molecule has 0 aliphatic carbocycles. The Bertz CT molecular complexity index is 575. The third kappa shape index (κ3) is 2.31. The van der Waals surface area contributed by atoms with Gasteiger partial charge in [-0.3, -0.25) is 0 Å². The van der Waals surface area contributed by atoms with Crippen LogP contribution in [0.2, 0.25) is 0 Å².